The van der Waals surface area contributed by atoms with Crippen LogP contribution in [0.2, 0.25) is 5.22 Å². The average Bonchev–Trinajstić information content (AvgIpc) is 2.89. The van der Waals surface area contributed by atoms with Crippen molar-refractivity contribution in [2.24, 2.45) is 0 Å². The van der Waals surface area contributed by atoms with Crippen molar-refractivity contribution >= 4 is 17.5 Å². The summed E-state index contributed by atoms with van der Waals surface area (Å²) in [6.07, 6.45) is 3.53. The minimum Gasteiger partial charge on any atom is -0.440 e. The van der Waals surface area contributed by atoms with Crippen LogP contribution < -0.4 is 5.32 Å². The lowest BCUT2D eigenvalue weighted by atomic mass is 10.3. The van der Waals surface area contributed by atoms with Crippen LogP contribution in [0.25, 0.3) is 0 Å². The Bertz CT molecular complexity index is 493. The van der Waals surface area contributed by atoms with Crippen molar-refractivity contribution in [2.75, 3.05) is 0 Å². The van der Waals surface area contributed by atoms with Gasteiger partial charge in [0.05, 0.1) is 6.54 Å². The highest BCUT2D eigenvalue weighted by atomic mass is 35.5. The Morgan fingerprint density at radius 1 is 1.65 bits per heavy atom. The van der Waals surface area contributed by atoms with Crippen LogP contribution in [-0.2, 0) is 6.54 Å². The van der Waals surface area contributed by atoms with Gasteiger partial charge in [0, 0.05) is 18.4 Å². The molecule has 0 spiro atoms. The largest absolute Gasteiger partial charge is 0.440 e. The Morgan fingerprint density at radius 3 is 3.06 bits per heavy atom. The molecule has 0 saturated heterocycles. The maximum absolute atomic E-state index is 11.7. The fourth-order valence-corrected chi connectivity index (χ4v) is 1.61. The summed E-state index contributed by atoms with van der Waals surface area (Å²) in [7, 11) is 0. The van der Waals surface area contributed by atoms with Gasteiger partial charge in [-0.15, -0.1) is 0 Å². The summed E-state index contributed by atoms with van der Waals surface area (Å²) in [6.45, 7) is 2.50. The van der Waals surface area contributed by atoms with Gasteiger partial charge in [-0.1, -0.05) is 0 Å². The molecular weight excluding hydrogens is 242 g/mol. The number of aromatic nitrogens is 2. The van der Waals surface area contributed by atoms with Gasteiger partial charge in [-0.05, 0) is 36.7 Å². The van der Waals surface area contributed by atoms with Gasteiger partial charge in [-0.25, -0.2) is 0 Å². The van der Waals surface area contributed by atoms with Crippen molar-refractivity contribution in [3.63, 3.8) is 0 Å². The molecule has 6 heteroatoms. The van der Waals surface area contributed by atoms with Crippen molar-refractivity contribution in [3.8, 4) is 0 Å². The summed E-state index contributed by atoms with van der Waals surface area (Å²) >= 11 is 5.60. The number of nitrogens with one attached hydrogen (secondary N) is 1. The molecule has 2 aromatic heterocycles. The lowest BCUT2D eigenvalue weighted by molar-refractivity contribution is 0.0908. The molecule has 2 rings (SSSR count). The monoisotopic (exact) mass is 253 g/mol. The predicted octanol–water partition coefficient (Wildman–Crippen LogP) is 1.95. The molecule has 0 radical (unpaired) electrons. The Morgan fingerprint density at radius 2 is 2.47 bits per heavy atom. The van der Waals surface area contributed by atoms with Crippen molar-refractivity contribution < 1.29 is 9.21 Å². The number of hydrogen-bond donors (Lipinski definition) is 1. The van der Waals surface area contributed by atoms with E-state index in [2.05, 4.69) is 10.4 Å². The van der Waals surface area contributed by atoms with Gasteiger partial charge >= 0.3 is 0 Å². The zero-order valence-electron chi connectivity index (χ0n) is 9.26. The zero-order valence-corrected chi connectivity index (χ0v) is 10.0. The summed E-state index contributed by atoms with van der Waals surface area (Å²) in [5, 5.41) is 7.06. The van der Waals surface area contributed by atoms with E-state index >= 15 is 0 Å². The van der Waals surface area contributed by atoms with E-state index in [9.17, 15) is 4.79 Å². The van der Waals surface area contributed by atoms with E-state index in [1.54, 1.807) is 10.9 Å². The molecule has 90 valence electrons. The minimum atomic E-state index is -0.281. The molecule has 0 aromatic carbocycles. The smallest absolute Gasteiger partial charge is 0.287 e. The number of rotatable bonds is 4. The fraction of sp³-hybridized carbons (Fsp3) is 0.273. The number of amides is 1. The van der Waals surface area contributed by atoms with Crippen molar-refractivity contribution in [1.82, 2.24) is 15.1 Å². The maximum atomic E-state index is 11.7. The van der Waals surface area contributed by atoms with Crippen molar-refractivity contribution in [1.29, 1.82) is 0 Å². The normalized spacial score (nSPS) is 12.4. The van der Waals surface area contributed by atoms with E-state index < -0.39 is 0 Å². The number of carbonyl (C=O) groups is 1. The SMILES string of the molecule is C[C@H](Cn1cccn1)NC(=O)c1ccc(Cl)o1. The highest BCUT2D eigenvalue weighted by Crippen LogP contribution is 2.12. The van der Waals surface area contributed by atoms with Crippen LogP contribution in [0.4, 0.5) is 0 Å². The van der Waals surface area contributed by atoms with Gasteiger partial charge in [0.15, 0.2) is 11.0 Å². The Kier molecular flexibility index (Phi) is 3.49. The first-order chi connectivity index (χ1) is 8.15. The van der Waals surface area contributed by atoms with Crippen LogP contribution in [0, 0.1) is 0 Å². The van der Waals surface area contributed by atoms with E-state index in [1.165, 1.54) is 12.1 Å². The summed E-state index contributed by atoms with van der Waals surface area (Å²) in [6, 6.07) is 4.86. The van der Waals surface area contributed by atoms with Crippen molar-refractivity contribution in [2.45, 2.75) is 19.5 Å². The van der Waals surface area contributed by atoms with E-state index in [-0.39, 0.29) is 22.9 Å². The number of furan rings is 1. The molecule has 0 aliphatic rings. The lowest BCUT2D eigenvalue weighted by Crippen LogP contribution is -2.35. The van der Waals surface area contributed by atoms with Crippen LogP contribution in [0.5, 0.6) is 0 Å². The van der Waals surface area contributed by atoms with E-state index in [4.69, 9.17) is 16.0 Å². The number of hydrogen-bond acceptors (Lipinski definition) is 3. The third kappa shape index (κ3) is 3.10. The lowest BCUT2D eigenvalue weighted by Gasteiger charge is -2.12. The first-order valence-corrected chi connectivity index (χ1v) is 5.56. The third-order valence-electron chi connectivity index (χ3n) is 2.19. The summed E-state index contributed by atoms with van der Waals surface area (Å²) < 4.78 is 6.76. The standard InChI is InChI=1S/C11H12ClN3O2/c1-8(7-15-6-2-5-13-15)14-11(16)9-3-4-10(12)17-9/h2-6,8H,7H2,1H3,(H,14,16)/t8-/m1/s1. The van der Waals surface area contributed by atoms with Gasteiger partial charge in [0.2, 0.25) is 0 Å². The molecule has 0 aliphatic carbocycles. The molecule has 1 amide bonds. The Labute approximate surface area is 103 Å². The molecule has 1 atom stereocenters. The van der Waals surface area contributed by atoms with Gasteiger partial charge in [-0.2, -0.15) is 5.10 Å². The predicted molar refractivity (Wildman–Crippen MR) is 62.9 cm³/mol. The van der Waals surface area contributed by atoms with Crippen molar-refractivity contribution in [3.05, 3.63) is 41.6 Å². The second-order valence-electron chi connectivity index (χ2n) is 3.71. The van der Waals surface area contributed by atoms with Gasteiger partial charge in [0.1, 0.15) is 0 Å². The first-order valence-electron chi connectivity index (χ1n) is 5.19. The second-order valence-corrected chi connectivity index (χ2v) is 4.08. The minimum absolute atomic E-state index is 0.0497. The first kappa shape index (κ1) is 11.7. The molecule has 0 saturated carbocycles. The van der Waals surface area contributed by atoms with Crippen LogP contribution >= 0.6 is 11.6 Å². The topological polar surface area (TPSA) is 60.1 Å². The average molecular weight is 254 g/mol. The molecule has 0 aliphatic heterocycles. The highest BCUT2D eigenvalue weighted by Gasteiger charge is 2.13. The van der Waals surface area contributed by atoms with Crippen LogP contribution in [0.1, 0.15) is 17.5 Å². The number of nitrogens with zero attached hydrogens (tertiary/aromatic N) is 2. The quantitative estimate of drug-likeness (QED) is 0.906. The molecule has 1 N–H and O–H groups in total. The Balaban J connectivity index is 1.90. The molecule has 2 aromatic rings. The van der Waals surface area contributed by atoms with Gasteiger partial charge in [0.25, 0.3) is 5.91 Å². The molecule has 0 fully saturated rings. The molecule has 17 heavy (non-hydrogen) atoms. The van der Waals surface area contributed by atoms with Gasteiger partial charge < -0.3 is 9.73 Å². The molecule has 2 heterocycles. The van der Waals surface area contributed by atoms with Gasteiger partial charge in [-0.3, -0.25) is 9.48 Å². The maximum Gasteiger partial charge on any atom is 0.287 e. The third-order valence-corrected chi connectivity index (χ3v) is 2.40. The van der Waals surface area contributed by atoms with Crippen LogP contribution in [-0.4, -0.2) is 21.7 Å². The molecule has 0 bridgehead atoms. The van der Waals surface area contributed by atoms with E-state index in [0.717, 1.165) is 0 Å². The fourth-order valence-electron chi connectivity index (χ4n) is 1.47. The molecule has 5 nitrogen and oxygen atoms in total. The number of halogens is 1. The zero-order chi connectivity index (χ0) is 12.3. The van der Waals surface area contributed by atoms with E-state index in [0.29, 0.717) is 6.54 Å². The Hall–Kier alpha value is -1.75. The van der Waals surface area contributed by atoms with Crippen LogP contribution in [0.3, 0.4) is 0 Å². The summed E-state index contributed by atoms with van der Waals surface area (Å²) in [5.74, 6) is -0.0705. The van der Waals surface area contributed by atoms with E-state index in [1.807, 2.05) is 19.2 Å². The second kappa shape index (κ2) is 5.05. The van der Waals surface area contributed by atoms with Crippen LogP contribution in [0.15, 0.2) is 35.0 Å². The highest BCUT2D eigenvalue weighted by molar-refractivity contribution is 6.29. The number of carbonyl (C=O) groups excluding carboxylic acids is 1. The molecular formula is C11H12ClN3O2. The summed E-state index contributed by atoms with van der Waals surface area (Å²) in [4.78, 5) is 11.7. The molecule has 0 unspecified atom stereocenters. The summed E-state index contributed by atoms with van der Waals surface area (Å²) in [5.41, 5.74) is 0.